The average molecular weight is 440 g/mol. The number of carbonyl (C=O) groups is 2. The second-order valence-electron chi connectivity index (χ2n) is 5.55. The van der Waals surface area contributed by atoms with Crippen LogP contribution in [-0.4, -0.2) is 35.9 Å². The van der Waals surface area contributed by atoms with Gasteiger partial charge in [0, 0.05) is 10.6 Å². The molecule has 0 radical (unpaired) electrons. The number of hydrogen-bond acceptors (Lipinski definition) is 5. The highest BCUT2D eigenvalue weighted by atomic mass is 35.5. The van der Waals surface area contributed by atoms with E-state index in [4.69, 9.17) is 44.3 Å². The monoisotopic (exact) mass is 438 g/mol. The van der Waals surface area contributed by atoms with Crippen LogP contribution in [0.15, 0.2) is 42.5 Å². The van der Waals surface area contributed by atoms with Gasteiger partial charge in [0.05, 0.1) is 30.0 Å². The number of esters is 2. The molecule has 3 aromatic rings. The Balaban J connectivity index is 2.43. The van der Waals surface area contributed by atoms with Crippen molar-refractivity contribution in [3.8, 4) is 16.9 Å². The topological polar surface area (TPSA) is 70.4 Å². The number of para-hydroxylation sites is 1. The van der Waals surface area contributed by atoms with Crippen molar-refractivity contribution in [3.63, 3.8) is 0 Å². The highest BCUT2D eigenvalue weighted by Crippen LogP contribution is 2.39. The van der Waals surface area contributed by atoms with Gasteiger partial charge in [0.25, 0.3) is 0 Å². The largest absolute Gasteiger partial charge is 0.465 e. The van der Waals surface area contributed by atoms with E-state index in [-0.39, 0.29) is 37.6 Å². The molecule has 0 atom stereocenters. The fraction of sp³-hybridized carbons (Fsp3) is 0.105. The van der Waals surface area contributed by atoms with Gasteiger partial charge in [0.1, 0.15) is 11.3 Å². The number of ether oxygens (including phenoxy) is 2. The van der Waals surface area contributed by atoms with Crippen LogP contribution in [0.4, 0.5) is 0 Å². The highest BCUT2D eigenvalue weighted by molar-refractivity contribution is 6.45. The van der Waals surface area contributed by atoms with Crippen molar-refractivity contribution in [1.29, 1.82) is 0 Å². The summed E-state index contributed by atoms with van der Waals surface area (Å²) in [6.45, 7) is 0. The van der Waals surface area contributed by atoms with Crippen LogP contribution in [0.2, 0.25) is 15.1 Å². The Bertz CT molecular complexity index is 1060. The second kappa shape index (κ2) is 8.22. The molecular weight excluding hydrogens is 427 g/mol. The third-order valence-electron chi connectivity index (χ3n) is 3.90. The van der Waals surface area contributed by atoms with Gasteiger partial charge in [-0.3, -0.25) is 0 Å². The van der Waals surface area contributed by atoms with Crippen LogP contribution in [0.3, 0.4) is 0 Å². The van der Waals surface area contributed by atoms with E-state index in [1.165, 1.54) is 31.0 Å². The Morgan fingerprint density at radius 3 is 2.21 bits per heavy atom. The van der Waals surface area contributed by atoms with E-state index in [0.717, 1.165) is 0 Å². The van der Waals surface area contributed by atoms with E-state index < -0.39 is 11.9 Å². The third kappa shape index (κ3) is 3.58. The SMILES string of the molecule is COC(=O)c1c(-c2cc(Cl)cc(Cl)c2Cl)nn(-c2ccccc2)c1C(=O)OC. The van der Waals surface area contributed by atoms with Crippen LogP contribution in [0.25, 0.3) is 16.9 Å². The Morgan fingerprint density at radius 1 is 0.964 bits per heavy atom. The summed E-state index contributed by atoms with van der Waals surface area (Å²) in [5, 5.41) is 5.04. The summed E-state index contributed by atoms with van der Waals surface area (Å²) in [5.74, 6) is -1.56. The summed E-state index contributed by atoms with van der Waals surface area (Å²) < 4.78 is 11.0. The minimum absolute atomic E-state index is 0.0884. The molecule has 1 heterocycles. The van der Waals surface area contributed by atoms with Crippen molar-refractivity contribution in [2.24, 2.45) is 0 Å². The van der Waals surface area contributed by atoms with E-state index >= 15 is 0 Å². The van der Waals surface area contributed by atoms with Gasteiger partial charge in [0.15, 0.2) is 5.69 Å². The van der Waals surface area contributed by atoms with Crippen LogP contribution in [0.1, 0.15) is 20.8 Å². The number of nitrogens with zero attached hydrogens (tertiary/aromatic N) is 2. The van der Waals surface area contributed by atoms with E-state index in [0.29, 0.717) is 5.69 Å². The van der Waals surface area contributed by atoms with E-state index in [2.05, 4.69) is 5.10 Å². The van der Waals surface area contributed by atoms with Gasteiger partial charge >= 0.3 is 11.9 Å². The molecule has 0 spiro atoms. The molecule has 0 bridgehead atoms. The molecule has 0 amide bonds. The Morgan fingerprint density at radius 2 is 1.61 bits per heavy atom. The smallest absolute Gasteiger partial charge is 0.357 e. The summed E-state index contributed by atoms with van der Waals surface area (Å²) in [5.41, 5.74) is 0.676. The van der Waals surface area contributed by atoms with Crippen molar-refractivity contribution in [3.05, 3.63) is 68.8 Å². The molecular formula is C19H13Cl3N2O4. The number of benzene rings is 2. The van der Waals surface area contributed by atoms with Gasteiger partial charge in [-0.25, -0.2) is 14.3 Å². The zero-order valence-corrected chi connectivity index (χ0v) is 17.0. The molecule has 0 N–H and O–H groups in total. The standard InChI is InChI=1S/C19H13Cl3N2O4/c1-27-18(25)14-16(12-8-10(20)9-13(21)15(12)22)23-24(17(14)19(26)28-2)11-6-4-3-5-7-11/h3-9H,1-2H3. The van der Waals surface area contributed by atoms with Crippen molar-refractivity contribution < 1.29 is 19.1 Å². The Kier molecular flexibility index (Phi) is 5.93. The molecule has 28 heavy (non-hydrogen) atoms. The molecule has 0 saturated carbocycles. The Hall–Kier alpha value is -2.54. The minimum atomic E-state index is -0.787. The lowest BCUT2D eigenvalue weighted by molar-refractivity contribution is 0.0549. The fourth-order valence-corrected chi connectivity index (χ4v) is 3.36. The fourth-order valence-electron chi connectivity index (χ4n) is 2.67. The molecule has 0 aliphatic carbocycles. The lowest BCUT2D eigenvalue weighted by Gasteiger charge is -2.07. The lowest BCUT2D eigenvalue weighted by atomic mass is 10.1. The van der Waals surface area contributed by atoms with Gasteiger partial charge in [-0.15, -0.1) is 0 Å². The van der Waals surface area contributed by atoms with Crippen LogP contribution < -0.4 is 0 Å². The zero-order valence-electron chi connectivity index (χ0n) is 14.7. The average Bonchev–Trinajstić information content (AvgIpc) is 3.10. The molecule has 0 aliphatic rings. The van der Waals surface area contributed by atoms with Crippen molar-refractivity contribution >= 4 is 46.7 Å². The van der Waals surface area contributed by atoms with Gasteiger partial charge in [0.2, 0.25) is 0 Å². The second-order valence-corrected chi connectivity index (χ2v) is 6.77. The van der Waals surface area contributed by atoms with Crippen molar-refractivity contribution in [2.45, 2.75) is 0 Å². The van der Waals surface area contributed by atoms with Crippen LogP contribution >= 0.6 is 34.8 Å². The first kappa shape index (κ1) is 20.2. The van der Waals surface area contributed by atoms with Gasteiger partial charge in [-0.2, -0.15) is 5.10 Å². The Labute approximate surface area is 175 Å². The predicted octanol–water partition coefficient (Wildman–Crippen LogP) is 5.07. The van der Waals surface area contributed by atoms with Crippen LogP contribution in [0.5, 0.6) is 0 Å². The summed E-state index contributed by atoms with van der Waals surface area (Å²) in [6, 6.07) is 11.7. The molecule has 144 valence electrons. The molecule has 9 heteroatoms. The normalized spacial score (nSPS) is 10.6. The number of carbonyl (C=O) groups excluding carboxylic acids is 2. The molecule has 0 saturated heterocycles. The third-order valence-corrected chi connectivity index (χ3v) is 4.92. The quantitative estimate of drug-likeness (QED) is 0.419. The van der Waals surface area contributed by atoms with E-state index in [1.807, 2.05) is 0 Å². The van der Waals surface area contributed by atoms with Crippen molar-refractivity contribution in [1.82, 2.24) is 9.78 Å². The molecule has 2 aromatic carbocycles. The first-order chi connectivity index (χ1) is 13.4. The zero-order chi connectivity index (χ0) is 20.4. The van der Waals surface area contributed by atoms with E-state index in [9.17, 15) is 9.59 Å². The maximum atomic E-state index is 12.6. The highest BCUT2D eigenvalue weighted by Gasteiger charge is 2.32. The number of rotatable bonds is 4. The molecule has 6 nitrogen and oxygen atoms in total. The predicted molar refractivity (Wildman–Crippen MR) is 107 cm³/mol. The number of halogens is 3. The maximum Gasteiger partial charge on any atom is 0.357 e. The number of hydrogen-bond donors (Lipinski definition) is 0. The first-order valence-electron chi connectivity index (χ1n) is 7.89. The van der Waals surface area contributed by atoms with Crippen LogP contribution in [0, 0.1) is 0 Å². The van der Waals surface area contributed by atoms with Gasteiger partial charge < -0.3 is 9.47 Å². The van der Waals surface area contributed by atoms with Crippen molar-refractivity contribution in [2.75, 3.05) is 14.2 Å². The van der Waals surface area contributed by atoms with Gasteiger partial charge in [-0.1, -0.05) is 53.0 Å². The summed E-state index contributed by atoms with van der Waals surface area (Å²) in [7, 11) is 2.40. The van der Waals surface area contributed by atoms with Crippen LogP contribution in [-0.2, 0) is 9.47 Å². The number of methoxy groups -OCH3 is 2. The minimum Gasteiger partial charge on any atom is -0.465 e. The summed E-state index contributed by atoms with van der Waals surface area (Å²) in [6.07, 6.45) is 0. The first-order valence-corrected chi connectivity index (χ1v) is 9.02. The lowest BCUT2D eigenvalue weighted by Crippen LogP contribution is -2.15. The molecule has 0 unspecified atom stereocenters. The molecule has 3 rings (SSSR count). The molecule has 0 fully saturated rings. The van der Waals surface area contributed by atoms with Gasteiger partial charge in [-0.05, 0) is 24.3 Å². The van der Waals surface area contributed by atoms with E-state index in [1.54, 1.807) is 30.3 Å². The summed E-state index contributed by atoms with van der Waals surface area (Å²) in [4.78, 5) is 25.1. The summed E-state index contributed by atoms with van der Waals surface area (Å²) >= 11 is 18.6. The maximum absolute atomic E-state index is 12.6. The number of aromatic nitrogens is 2. The molecule has 1 aromatic heterocycles. The molecule has 0 aliphatic heterocycles.